The van der Waals surface area contributed by atoms with Crippen molar-refractivity contribution in [1.29, 1.82) is 0 Å². The van der Waals surface area contributed by atoms with Crippen molar-refractivity contribution in [2.45, 2.75) is 6.18 Å². The number of halogens is 3. The molecule has 0 fully saturated rings. The highest BCUT2D eigenvalue weighted by molar-refractivity contribution is 7.47. The van der Waals surface area contributed by atoms with E-state index in [0.717, 1.165) is 6.07 Å². The van der Waals surface area contributed by atoms with Crippen molar-refractivity contribution in [2.24, 2.45) is 4.36 Å². The van der Waals surface area contributed by atoms with Crippen LogP contribution in [0.4, 0.5) is 24.5 Å². The summed E-state index contributed by atoms with van der Waals surface area (Å²) < 4.78 is 40.6. The largest absolute Gasteiger partial charge is 0.418 e. The molecule has 76 valence electrons. The summed E-state index contributed by atoms with van der Waals surface area (Å²) in [5, 5.41) is 2.46. The van der Waals surface area contributed by atoms with Gasteiger partial charge in [-0.15, -0.1) is 0 Å². The van der Waals surface area contributed by atoms with Gasteiger partial charge in [0.1, 0.15) is 0 Å². The van der Waals surface area contributed by atoms with Crippen molar-refractivity contribution in [3.05, 3.63) is 23.8 Å². The summed E-state index contributed by atoms with van der Waals surface area (Å²) in [6.45, 7) is 0. The van der Waals surface area contributed by atoms with Crippen LogP contribution < -0.4 is 5.32 Å². The molecule has 0 unspecified atom stereocenters. The van der Waals surface area contributed by atoms with Gasteiger partial charge >= 0.3 is 6.18 Å². The fourth-order valence-electron chi connectivity index (χ4n) is 1.04. The van der Waals surface area contributed by atoms with Crippen LogP contribution in [0.5, 0.6) is 0 Å². The van der Waals surface area contributed by atoms with Gasteiger partial charge in [-0.1, -0.05) is 0 Å². The van der Waals surface area contributed by atoms with Gasteiger partial charge in [-0.25, -0.2) is 0 Å². The van der Waals surface area contributed by atoms with Crippen molar-refractivity contribution in [3.8, 4) is 0 Å². The van der Waals surface area contributed by atoms with E-state index in [2.05, 4.69) is 22.1 Å². The molecule has 0 aliphatic carbocycles. The lowest BCUT2D eigenvalue weighted by atomic mass is 10.1. The van der Waals surface area contributed by atoms with E-state index in [1.807, 2.05) is 0 Å². The summed E-state index contributed by atoms with van der Waals surface area (Å²) in [7, 11) is 1.43. The zero-order valence-electron chi connectivity index (χ0n) is 7.22. The lowest BCUT2D eigenvalue weighted by molar-refractivity contribution is -0.136. The third-order valence-electron chi connectivity index (χ3n) is 1.68. The van der Waals surface area contributed by atoms with Gasteiger partial charge in [-0.05, 0) is 18.2 Å². The highest BCUT2D eigenvalue weighted by Gasteiger charge is 2.33. The van der Waals surface area contributed by atoms with Gasteiger partial charge in [0, 0.05) is 25.2 Å². The molecule has 1 aromatic rings. The number of hydrogen-bond acceptors (Lipinski definition) is 3. The zero-order valence-corrected chi connectivity index (χ0v) is 8.04. The first-order chi connectivity index (χ1) is 6.49. The number of rotatable bonds is 2. The Morgan fingerprint density at radius 2 is 2.00 bits per heavy atom. The Hall–Kier alpha value is -1.17. The number of nitrogens with zero attached hydrogens (tertiary/aromatic N) is 1. The first-order valence-corrected chi connectivity index (χ1v) is 4.08. The van der Waals surface area contributed by atoms with Gasteiger partial charge in [0.2, 0.25) is 0 Å². The quantitative estimate of drug-likeness (QED) is 0.828. The van der Waals surface area contributed by atoms with E-state index < -0.39 is 11.7 Å². The molecule has 14 heavy (non-hydrogen) atoms. The predicted octanol–water partition coefficient (Wildman–Crippen LogP) is 3.11. The van der Waals surface area contributed by atoms with Gasteiger partial charge in [0.05, 0.1) is 11.3 Å². The summed E-state index contributed by atoms with van der Waals surface area (Å²) >= 11 is 4.32. The van der Waals surface area contributed by atoms with E-state index in [1.54, 1.807) is 0 Å². The van der Waals surface area contributed by atoms with Gasteiger partial charge in [-0.2, -0.15) is 17.5 Å². The Morgan fingerprint density at radius 3 is 2.43 bits per heavy atom. The lowest BCUT2D eigenvalue weighted by Gasteiger charge is -2.12. The molecule has 0 saturated carbocycles. The highest BCUT2D eigenvalue weighted by Crippen LogP contribution is 2.36. The summed E-state index contributed by atoms with van der Waals surface area (Å²) in [6, 6.07) is 3.64. The Balaban J connectivity index is 3.29. The zero-order chi connectivity index (χ0) is 10.8. The van der Waals surface area contributed by atoms with Gasteiger partial charge in [0.15, 0.2) is 0 Å². The van der Waals surface area contributed by atoms with Gasteiger partial charge in [0.25, 0.3) is 0 Å². The minimum Gasteiger partial charge on any atom is -0.388 e. The average molecular weight is 220 g/mol. The van der Waals surface area contributed by atoms with Crippen molar-refractivity contribution < 1.29 is 13.2 Å². The standard InChI is InChI=1S/C8H7F3N2S/c1-12-7-3-2-5(13-14)4-6(7)8(9,10)11/h2-4,12H,1H3. The number of anilines is 1. The van der Waals surface area contributed by atoms with E-state index in [0.29, 0.717) is 0 Å². The molecule has 0 aliphatic heterocycles. The maximum atomic E-state index is 12.4. The van der Waals surface area contributed by atoms with E-state index >= 15 is 0 Å². The monoisotopic (exact) mass is 220 g/mol. The lowest BCUT2D eigenvalue weighted by Crippen LogP contribution is -2.08. The summed E-state index contributed by atoms with van der Waals surface area (Å²) in [6.07, 6.45) is -4.39. The SMILES string of the molecule is CNc1ccc(N=S)cc1C(F)(F)F. The van der Waals surface area contributed by atoms with Crippen LogP contribution in [0.15, 0.2) is 22.6 Å². The molecule has 0 amide bonds. The van der Waals surface area contributed by atoms with E-state index in [1.165, 1.54) is 19.2 Å². The fourth-order valence-corrected chi connectivity index (χ4v) is 1.16. The minimum atomic E-state index is -4.39. The van der Waals surface area contributed by atoms with Crippen molar-refractivity contribution in [1.82, 2.24) is 0 Å². The Bertz CT molecular complexity index is 349. The first-order valence-electron chi connectivity index (χ1n) is 3.71. The van der Waals surface area contributed by atoms with E-state index in [4.69, 9.17) is 0 Å². The first kappa shape index (κ1) is 10.9. The highest BCUT2D eigenvalue weighted by atomic mass is 32.1. The molecular formula is C8H7F3N2S. The second-order valence-corrected chi connectivity index (χ2v) is 2.75. The van der Waals surface area contributed by atoms with Crippen LogP contribution >= 0.6 is 0 Å². The number of nitrogens with one attached hydrogen (secondary N) is 1. The molecule has 0 spiro atoms. The number of alkyl halides is 3. The Kier molecular flexibility index (Phi) is 3.05. The smallest absolute Gasteiger partial charge is 0.388 e. The summed E-state index contributed by atoms with van der Waals surface area (Å²) in [5.74, 6) is 0. The average Bonchev–Trinajstić information content (AvgIpc) is 2.15. The molecule has 0 saturated heterocycles. The predicted molar refractivity (Wildman–Crippen MR) is 50.4 cm³/mol. The second-order valence-electron chi connectivity index (χ2n) is 2.57. The maximum Gasteiger partial charge on any atom is 0.418 e. The van der Waals surface area contributed by atoms with Gasteiger partial charge < -0.3 is 5.32 Å². The molecule has 1 aromatic carbocycles. The summed E-state index contributed by atoms with van der Waals surface area (Å²) in [4.78, 5) is 0. The Labute approximate surface area is 84.3 Å². The maximum absolute atomic E-state index is 12.4. The number of hydrogen-bond donors (Lipinski definition) is 1. The van der Waals surface area contributed by atoms with E-state index in [9.17, 15) is 13.2 Å². The fraction of sp³-hybridized carbons (Fsp3) is 0.250. The molecule has 0 heterocycles. The van der Waals surface area contributed by atoms with Crippen LogP contribution in [0.2, 0.25) is 0 Å². The minimum absolute atomic E-state index is 0.0138. The van der Waals surface area contributed by atoms with Crippen LogP contribution in [0.3, 0.4) is 0 Å². The third-order valence-corrected chi connectivity index (χ3v) is 1.89. The molecular weight excluding hydrogens is 213 g/mol. The number of benzene rings is 1. The molecule has 0 atom stereocenters. The normalized spacial score (nSPS) is 11.1. The Morgan fingerprint density at radius 1 is 1.36 bits per heavy atom. The van der Waals surface area contributed by atoms with Crippen molar-refractivity contribution in [2.75, 3.05) is 12.4 Å². The van der Waals surface area contributed by atoms with Crippen LogP contribution in [0, 0.1) is 0 Å². The molecule has 0 bridgehead atoms. The molecule has 0 aromatic heterocycles. The van der Waals surface area contributed by atoms with Crippen LogP contribution in [-0.4, -0.2) is 7.05 Å². The molecule has 1 rings (SSSR count). The third kappa shape index (κ3) is 2.20. The molecule has 1 N–H and O–H groups in total. The molecule has 2 nitrogen and oxygen atoms in total. The van der Waals surface area contributed by atoms with E-state index in [-0.39, 0.29) is 11.4 Å². The van der Waals surface area contributed by atoms with Crippen molar-refractivity contribution in [3.63, 3.8) is 0 Å². The molecule has 6 heteroatoms. The van der Waals surface area contributed by atoms with Crippen molar-refractivity contribution >= 4 is 23.8 Å². The second kappa shape index (κ2) is 3.91. The van der Waals surface area contributed by atoms with Crippen LogP contribution in [0.25, 0.3) is 0 Å². The molecule has 0 aliphatic rings. The van der Waals surface area contributed by atoms with Gasteiger partial charge in [-0.3, -0.25) is 0 Å². The topological polar surface area (TPSA) is 24.4 Å². The molecule has 0 radical (unpaired) electrons. The van der Waals surface area contributed by atoms with Crippen LogP contribution in [-0.2, 0) is 18.6 Å². The summed E-state index contributed by atoms with van der Waals surface area (Å²) in [5.41, 5.74) is -0.614. The van der Waals surface area contributed by atoms with Crippen LogP contribution in [0.1, 0.15) is 5.56 Å².